The van der Waals surface area contributed by atoms with E-state index in [-0.39, 0.29) is 5.65 Å². The van der Waals surface area contributed by atoms with Crippen molar-refractivity contribution >= 4 is 17.2 Å². The van der Waals surface area contributed by atoms with E-state index in [0.29, 0.717) is 10.7 Å². The molecule has 0 aliphatic heterocycles. The molecule has 0 aliphatic rings. The predicted octanol–water partition coefficient (Wildman–Crippen LogP) is 2.78. The van der Waals surface area contributed by atoms with Crippen molar-refractivity contribution in [3.63, 3.8) is 0 Å². The summed E-state index contributed by atoms with van der Waals surface area (Å²) < 4.78 is 27.8. The van der Waals surface area contributed by atoms with E-state index in [9.17, 15) is 13.6 Å². The number of fused-ring (bicyclic) bond motifs is 1. The van der Waals surface area contributed by atoms with Crippen LogP contribution >= 0.6 is 11.6 Å². The van der Waals surface area contributed by atoms with Crippen molar-refractivity contribution in [2.75, 3.05) is 0 Å². The Morgan fingerprint density at radius 1 is 1.24 bits per heavy atom. The highest BCUT2D eigenvalue weighted by molar-refractivity contribution is 6.31. The van der Waals surface area contributed by atoms with Crippen LogP contribution < -0.4 is 5.56 Å². The molecule has 2 aromatic heterocycles. The number of rotatable bonds is 2. The van der Waals surface area contributed by atoms with Crippen molar-refractivity contribution in [3.05, 3.63) is 57.4 Å². The van der Waals surface area contributed by atoms with Crippen molar-refractivity contribution in [1.29, 1.82) is 0 Å². The maximum Gasteiger partial charge on any atom is 0.300 e. The molecule has 0 unspecified atom stereocenters. The van der Waals surface area contributed by atoms with Crippen molar-refractivity contribution in [1.82, 2.24) is 19.2 Å². The smallest absolute Gasteiger partial charge is 0.280 e. The average molecular weight is 311 g/mol. The van der Waals surface area contributed by atoms with E-state index in [1.54, 1.807) is 25.1 Å². The number of aryl methyl sites for hydroxylation is 1. The lowest BCUT2D eigenvalue weighted by atomic mass is 10.2. The maximum atomic E-state index is 12.7. The first kappa shape index (κ1) is 13.7. The summed E-state index contributed by atoms with van der Waals surface area (Å²) in [5.74, 6) is -0.554. The van der Waals surface area contributed by atoms with Crippen molar-refractivity contribution in [2.24, 2.45) is 0 Å². The van der Waals surface area contributed by atoms with Crippen molar-refractivity contribution < 1.29 is 8.78 Å². The Hall–Kier alpha value is -2.28. The quantitative estimate of drug-likeness (QED) is 0.731. The summed E-state index contributed by atoms with van der Waals surface area (Å²) in [5, 5.41) is 7.47. The van der Waals surface area contributed by atoms with Crippen molar-refractivity contribution in [2.45, 2.75) is 13.3 Å². The molecular weight excluding hydrogens is 302 g/mol. The van der Waals surface area contributed by atoms with Gasteiger partial charge in [0, 0.05) is 23.1 Å². The Morgan fingerprint density at radius 3 is 2.67 bits per heavy atom. The molecule has 0 radical (unpaired) electrons. The highest BCUT2D eigenvalue weighted by Crippen LogP contribution is 2.19. The fourth-order valence-electron chi connectivity index (χ4n) is 2.04. The van der Waals surface area contributed by atoms with Crippen LogP contribution in [-0.2, 0) is 0 Å². The molecule has 0 aliphatic carbocycles. The van der Waals surface area contributed by atoms with Crippen LogP contribution in [0.4, 0.5) is 8.78 Å². The summed E-state index contributed by atoms with van der Waals surface area (Å²) in [5.41, 5.74) is 0.695. The van der Waals surface area contributed by atoms with E-state index in [2.05, 4.69) is 10.2 Å². The molecule has 0 atom stereocenters. The van der Waals surface area contributed by atoms with Gasteiger partial charge >= 0.3 is 5.56 Å². The minimum Gasteiger partial charge on any atom is -0.280 e. The molecule has 21 heavy (non-hydrogen) atoms. The van der Waals surface area contributed by atoms with Gasteiger partial charge in [0.1, 0.15) is 0 Å². The average Bonchev–Trinajstić information content (AvgIpc) is 2.87. The van der Waals surface area contributed by atoms with E-state index in [1.165, 1.54) is 17.0 Å². The Bertz CT molecular complexity index is 887. The van der Waals surface area contributed by atoms with Gasteiger partial charge < -0.3 is 0 Å². The third kappa shape index (κ3) is 2.19. The van der Waals surface area contributed by atoms with Crippen LogP contribution in [0.3, 0.4) is 0 Å². The summed E-state index contributed by atoms with van der Waals surface area (Å²) in [6, 6.07) is 5.06. The second-order valence-electron chi connectivity index (χ2n) is 4.46. The van der Waals surface area contributed by atoms with Gasteiger partial charge in [0.2, 0.25) is 11.5 Å². The third-order valence-corrected chi connectivity index (χ3v) is 3.54. The van der Waals surface area contributed by atoms with Crippen LogP contribution in [0.1, 0.15) is 17.8 Å². The number of aromatic nitrogens is 4. The fraction of sp³-hybridized carbons (Fsp3) is 0.154. The minimum atomic E-state index is -2.80. The molecule has 8 heteroatoms. The van der Waals surface area contributed by atoms with Gasteiger partial charge in [-0.1, -0.05) is 11.6 Å². The first-order valence-corrected chi connectivity index (χ1v) is 6.38. The van der Waals surface area contributed by atoms with E-state index < -0.39 is 17.8 Å². The van der Waals surface area contributed by atoms with Gasteiger partial charge in [0.05, 0.1) is 0 Å². The Labute approximate surface area is 122 Å². The highest BCUT2D eigenvalue weighted by atomic mass is 35.5. The standard InChI is InChI=1S/C13H9ClF2N4O/c1-7-6-8(2-3-9(7)14)19-4-5-20-11(10(15)16)17-18-12(20)13(19)21/h2-6,10H,1H3. The first-order chi connectivity index (χ1) is 9.99. The monoisotopic (exact) mass is 310 g/mol. The predicted molar refractivity (Wildman–Crippen MR) is 73.3 cm³/mol. The molecule has 1 aromatic carbocycles. The van der Waals surface area contributed by atoms with E-state index in [4.69, 9.17) is 11.6 Å². The number of benzene rings is 1. The highest BCUT2D eigenvalue weighted by Gasteiger charge is 2.18. The number of halogens is 3. The molecule has 0 bridgehead atoms. The fourth-order valence-corrected chi connectivity index (χ4v) is 2.15. The summed E-state index contributed by atoms with van der Waals surface area (Å²) >= 11 is 5.94. The van der Waals surface area contributed by atoms with E-state index >= 15 is 0 Å². The van der Waals surface area contributed by atoms with Gasteiger partial charge in [0.15, 0.2) is 0 Å². The molecule has 3 rings (SSSR count). The van der Waals surface area contributed by atoms with Crippen LogP contribution in [0.15, 0.2) is 35.4 Å². The largest absolute Gasteiger partial charge is 0.300 e. The lowest BCUT2D eigenvalue weighted by Crippen LogP contribution is -2.20. The Kier molecular flexibility index (Phi) is 3.21. The van der Waals surface area contributed by atoms with Gasteiger partial charge in [-0.25, -0.2) is 8.78 Å². The van der Waals surface area contributed by atoms with Crippen molar-refractivity contribution in [3.8, 4) is 5.69 Å². The van der Waals surface area contributed by atoms with Gasteiger partial charge in [-0.05, 0) is 30.7 Å². The van der Waals surface area contributed by atoms with Crippen LogP contribution in [0.5, 0.6) is 0 Å². The van der Waals surface area contributed by atoms with Gasteiger partial charge in [-0.3, -0.25) is 13.8 Å². The molecular formula is C13H9ClF2N4O. The van der Waals surface area contributed by atoms with Crippen LogP contribution in [0.2, 0.25) is 5.02 Å². The molecule has 0 amide bonds. The second-order valence-corrected chi connectivity index (χ2v) is 4.87. The number of hydrogen-bond acceptors (Lipinski definition) is 3. The van der Waals surface area contributed by atoms with Gasteiger partial charge in [-0.2, -0.15) is 0 Å². The van der Waals surface area contributed by atoms with Crippen LogP contribution in [0.25, 0.3) is 11.3 Å². The summed E-state index contributed by atoms with van der Waals surface area (Å²) in [6.45, 7) is 1.81. The van der Waals surface area contributed by atoms with E-state index in [1.807, 2.05) is 0 Å². The van der Waals surface area contributed by atoms with Crippen LogP contribution in [-0.4, -0.2) is 19.2 Å². The SMILES string of the molecule is Cc1cc(-n2ccn3c(C(F)F)nnc3c2=O)ccc1Cl. The number of alkyl halides is 2. The Morgan fingerprint density at radius 2 is 2.00 bits per heavy atom. The summed E-state index contributed by atoms with van der Waals surface area (Å²) in [6.07, 6.45) is -0.0666. The first-order valence-electron chi connectivity index (χ1n) is 6.00. The molecule has 3 aromatic rings. The molecule has 0 N–H and O–H groups in total. The molecule has 0 spiro atoms. The molecule has 0 saturated carbocycles. The van der Waals surface area contributed by atoms with Gasteiger partial charge in [0.25, 0.3) is 6.43 Å². The molecule has 5 nitrogen and oxygen atoms in total. The van der Waals surface area contributed by atoms with Crippen LogP contribution in [0, 0.1) is 6.92 Å². The normalized spacial score (nSPS) is 11.5. The lowest BCUT2D eigenvalue weighted by Gasteiger charge is -2.08. The zero-order valence-corrected chi connectivity index (χ0v) is 11.6. The number of nitrogens with zero attached hydrogens (tertiary/aromatic N) is 4. The topological polar surface area (TPSA) is 52.2 Å². The summed E-state index contributed by atoms with van der Waals surface area (Å²) in [7, 11) is 0. The summed E-state index contributed by atoms with van der Waals surface area (Å²) in [4.78, 5) is 12.3. The molecule has 2 heterocycles. The molecule has 108 valence electrons. The number of hydrogen-bond donors (Lipinski definition) is 0. The molecule has 0 fully saturated rings. The van der Waals surface area contributed by atoms with E-state index in [0.717, 1.165) is 9.96 Å². The molecule has 0 saturated heterocycles. The third-order valence-electron chi connectivity index (χ3n) is 3.11. The maximum absolute atomic E-state index is 12.7. The second kappa shape index (κ2) is 4.92. The zero-order chi connectivity index (χ0) is 15.1. The Balaban J connectivity index is 2.23. The van der Waals surface area contributed by atoms with Gasteiger partial charge in [-0.15, -0.1) is 10.2 Å². The minimum absolute atomic E-state index is 0.152. The lowest BCUT2D eigenvalue weighted by molar-refractivity contribution is 0.139. The zero-order valence-electron chi connectivity index (χ0n) is 10.8.